The van der Waals surface area contributed by atoms with Crippen LogP contribution in [-0.2, 0) is 19.1 Å². The Hall–Kier alpha value is -1.84. The number of benzene rings is 1. The van der Waals surface area contributed by atoms with Crippen molar-refractivity contribution in [2.45, 2.75) is 26.4 Å². The first-order valence-electron chi connectivity index (χ1n) is 5.34. The fraction of sp³-hybridized carbons (Fsp3) is 0.385. The number of hydrogen-bond donors (Lipinski definition) is 0. The summed E-state index contributed by atoms with van der Waals surface area (Å²) >= 11 is 0. The molecule has 0 saturated carbocycles. The number of hydrogen-bond acceptors (Lipinski definition) is 4. The fourth-order valence-electron chi connectivity index (χ4n) is 1.60. The van der Waals surface area contributed by atoms with Crippen molar-refractivity contribution >= 4 is 11.9 Å². The quantitative estimate of drug-likeness (QED) is 0.752. The highest BCUT2D eigenvalue weighted by molar-refractivity contribution is 5.72. The molecule has 1 rings (SSSR count). The van der Waals surface area contributed by atoms with Crippen molar-refractivity contribution in [2.75, 3.05) is 7.11 Å². The summed E-state index contributed by atoms with van der Waals surface area (Å²) in [6.07, 6.45) is -0.554. The Bertz CT molecular complexity index is 412. The van der Waals surface area contributed by atoms with Crippen LogP contribution in [0.1, 0.15) is 30.6 Å². The summed E-state index contributed by atoms with van der Waals surface area (Å²) in [5.74, 6) is -0.818. The zero-order valence-corrected chi connectivity index (χ0v) is 10.2. The second-order valence-corrected chi connectivity index (χ2v) is 3.73. The van der Waals surface area contributed by atoms with E-state index in [9.17, 15) is 9.59 Å². The first-order valence-corrected chi connectivity index (χ1v) is 5.34. The molecular weight excluding hydrogens is 220 g/mol. The minimum absolute atomic E-state index is 0.0287. The highest BCUT2D eigenvalue weighted by Crippen LogP contribution is 2.24. The molecule has 0 saturated heterocycles. The Morgan fingerprint density at radius 2 is 1.94 bits per heavy atom. The number of carbonyl (C=O) groups excluding carboxylic acids is 2. The van der Waals surface area contributed by atoms with E-state index in [1.807, 2.05) is 31.2 Å². The van der Waals surface area contributed by atoms with Crippen LogP contribution in [0, 0.1) is 6.92 Å². The number of carbonyl (C=O) groups is 2. The van der Waals surface area contributed by atoms with Gasteiger partial charge in [0.05, 0.1) is 13.5 Å². The minimum Gasteiger partial charge on any atom is -0.469 e. The molecule has 17 heavy (non-hydrogen) atoms. The number of aryl methyl sites for hydroxylation is 1. The smallest absolute Gasteiger partial charge is 0.309 e. The van der Waals surface area contributed by atoms with Gasteiger partial charge in [0.25, 0.3) is 0 Å². The topological polar surface area (TPSA) is 52.6 Å². The monoisotopic (exact) mass is 236 g/mol. The fourth-order valence-corrected chi connectivity index (χ4v) is 1.60. The second-order valence-electron chi connectivity index (χ2n) is 3.73. The van der Waals surface area contributed by atoms with Gasteiger partial charge in [-0.3, -0.25) is 9.59 Å². The van der Waals surface area contributed by atoms with E-state index in [2.05, 4.69) is 4.74 Å². The highest BCUT2D eigenvalue weighted by Gasteiger charge is 2.20. The SMILES string of the molecule is COC(=O)CC(OC(C)=O)c1ccccc1C. The van der Waals surface area contributed by atoms with E-state index in [1.165, 1.54) is 14.0 Å². The predicted octanol–water partition coefficient (Wildman–Crippen LogP) is 2.16. The van der Waals surface area contributed by atoms with E-state index in [-0.39, 0.29) is 6.42 Å². The molecule has 1 aromatic carbocycles. The summed E-state index contributed by atoms with van der Waals surface area (Å²) in [5.41, 5.74) is 1.80. The molecule has 0 fully saturated rings. The third-order valence-corrected chi connectivity index (χ3v) is 2.42. The summed E-state index contributed by atoms with van der Waals surface area (Å²) in [6, 6.07) is 7.48. The van der Waals surface area contributed by atoms with Gasteiger partial charge in [-0.25, -0.2) is 0 Å². The summed E-state index contributed by atoms with van der Waals surface area (Å²) in [5, 5.41) is 0. The van der Waals surface area contributed by atoms with Gasteiger partial charge in [-0.05, 0) is 18.1 Å². The maximum Gasteiger partial charge on any atom is 0.309 e. The summed E-state index contributed by atoms with van der Waals surface area (Å²) in [7, 11) is 1.31. The van der Waals surface area contributed by atoms with Crippen LogP contribution in [0.3, 0.4) is 0 Å². The summed E-state index contributed by atoms with van der Waals surface area (Å²) in [6.45, 7) is 3.23. The number of esters is 2. The number of ether oxygens (including phenoxy) is 2. The van der Waals surface area contributed by atoms with Crippen LogP contribution >= 0.6 is 0 Å². The van der Waals surface area contributed by atoms with Crippen LogP contribution in [0.2, 0.25) is 0 Å². The molecule has 4 nitrogen and oxygen atoms in total. The Labute approximate surface area is 101 Å². The van der Waals surface area contributed by atoms with Crippen molar-refractivity contribution in [3.63, 3.8) is 0 Å². The minimum atomic E-state index is -0.582. The Morgan fingerprint density at radius 3 is 2.47 bits per heavy atom. The third-order valence-electron chi connectivity index (χ3n) is 2.42. The van der Waals surface area contributed by atoms with Gasteiger partial charge in [-0.15, -0.1) is 0 Å². The lowest BCUT2D eigenvalue weighted by atomic mass is 10.0. The lowest BCUT2D eigenvalue weighted by Crippen LogP contribution is -2.15. The normalized spacial score (nSPS) is 11.7. The van der Waals surface area contributed by atoms with Gasteiger partial charge in [-0.2, -0.15) is 0 Å². The zero-order valence-electron chi connectivity index (χ0n) is 10.2. The molecule has 1 atom stereocenters. The Balaban J connectivity index is 2.93. The average molecular weight is 236 g/mol. The molecule has 0 aliphatic rings. The summed E-state index contributed by atoms with van der Waals surface area (Å²) in [4.78, 5) is 22.3. The van der Waals surface area contributed by atoms with Crippen LogP contribution in [0.4, 0.5) is 0 Å². The van der Waals surface area contributed by atoms with Crippen LogP contribution in [-0.4, -0.2) is 19.0 Å². The highest BCUT2D eigenvalue weighted by atomic mass is 16.6. The predicted molar refractivity (Wildman–Crippen MR) is 62.3 cm³/mol. The van der Waals surface area contributed by atoms with Crippen LogP contribution in [0.15, 0.2) is 24.3 Å². The number of rotatable bonds is 4. The van der Waals surface area contributed by atoms with Gasteiger partial charge in [0.1, 0.15) is 6.10 Å². The van der Waals surface area contributed by atoms with Gasteiger partial charge < -0.3 is 9.47 Å². The molecule has 0 spiro atoms. The standard InChI is InChI=1S/C13H16O4/c1-9-6-4-5-7-11(9)12(17-10(2)14)8-13(15)16-3/h4-7,12H,8H2,1-3H3. The van der Waals surface area contributed by atoms with E-state index in [1.54, 1.807) is 0 Å². The van der Waals surface area contributed by atoms with Crippen LogP contribution in [0.5, 0.6) is 0 Å². The Kier molecular flexibility index (Phi) is 4.69. The van der Waals surface area contributed by atoms with E-state index in [0.29, 0.717) is 0 Å². The molecule has 0 aromatic heterocycles. The molecule has 1 unspecified atom stereocenters. The van der Waals surface area contributed by atoms with Crippen molar-refractivity contribution in [3.8, 4) is 0 Å². The van der Waals surface area contributed by atoms with Crippen LogP contribution < -0.4 is 0 Å². The number of methoxy groups -OCH3 is 1. The summed E-state index contributed by atoms with van der Waals surface area (Å²) < 4.78 is 9.74. The van der Waals surface area contributed by atoms with E-state index in [0.717, 1.165) is 11.1 Å². The first kappa shape index (κ1) is 13.2. The molecule has 4 heteroatoms. The van der Waals surface area contributed by atoms with Crippen molar-refractivity contribution in [1.82, 2.24) is 0 Å². The van der Waals surface area contributed by atoms with Gasteiger partial charge in [0, 0.05) is 6.92 Å². The lowest BCUT2D eigenvalue weighted by Gasteiger charge is -2.18. The second kappa shape index (κ2) is 6.03. The van der Waals surface area contributed by atoms with Gasteiger partial charge in [0.2, 0.25) is 0 Å². The maximum absolute atomic E-state index is 11.3. The zero-order chi connectivity index (χ0) is 12.8. The van der Waals surface area contributed by atoms with Gasteiger partial charge in [0.15, 0.2) is 0 Å². The molecular formula is C13H16O4. The molecule has 0 aliphatic carbocycles. The van der Waals surface area contributed by atoms with Crippen molar-refractivity contribution in [2.24, 2.45) is 0 Å². The van der Waals surface area contributed by atoms with Gasteiger partial charge >= 0.3 is 11.9 Å². The van der Waals surface area contributed by atoms with E-state index >= 15 is 0 Å². The molecule has 1 aromatic rings. The molecule has 0 radical (unpaired) electrons. The van der Waals surface area contributed by atoms with E-state index < -0.39 is 18.0 Å². The van der Waals surface area contributed by atoms with Crippen molar-refractivity contribution in [1.29, 1.82) is 0 Å². The largest absolute Gasteiger partial charge is 0.469 e. The maximum atomic E-state index is 11.3. The van der Waals surface area contributed by atoms with E-state index in [4.69, 9.17) is 4.74 Å². The average Bonchev–Trinajstić information content (AvgIpc) is 2.28. The molecule has 0 aliphatic heterocycles. The van der Waals surface area contributed by atoms with Crippen molar-refractivity contribution in [3.05, 3.63) is 35.4 Å². The lowest BCUT2D eigenvalue weighted by molar-refractivity contribution is -0.152. The molecule has 0 N–H and O–H groups in total. The third kappa shape index (κ3) is 3.90. The van der Waals surface area contributed by atoms with Crippen molar-refractivity contribution < 1.29 is 19.1 Å². The Morgan fingerprint density at radius 1 is 1.29 bits per heavy atom. The van der Waals surface area contributed by atoms with Gasteiger partial charge in [-0.1, -0.05) is 24.3 Å². The molecule has 0 amide bonds. The molecule has 0 heterocycles. The molecule has 0 bridgehead atoms. The molecule has 92 valence electrons. The first-order chi connectivity index (χ1) is 8.04. The van der Waals surface area contributed by atoms with Crippen LogP contribution in [0.25, 0.3) is 0 Å².